The Balaban J connectivity index is 2.29. The molecule has 0 radical (unpaired) electrons. The predicted octanol–water partition coefficient (Wildman–Crippen LogP) is 1.15. The van der Waals surface area contributed by atoms with Crippen molar-refractivity contribution in [1.82, 2.24) is 14.9 Å². The summed E-state index contributed by atoms with van der Waals surface area (Å²) in [5.74, 6) is -1.41. The van der Waals surface area contributed by atoms with Gasteiger partial charge in [-0.2, -0.15) is 0 Å². The van der Waals surface area contributed by atoms with Gasteiger partial charge in [-0.25, -0.2) is 9.78 Å². The van der Waals surface area contributed by atoms with Crippen molar-refractivity contribution in [2.45, 2.75) is 19.9 Å². The van der Waals surface area contributed by atoms with Crippen molar-refractivity contribution >= 4 is 23.5 Å². The number of nitrogens with one attached hydrogen (secondary N) is 2. The van der Waals surface area contributed by atoms with Crippen LogP contribution in [0, 0.1) is 0 Å². The summed E-state index contributed by atoms with van der Waals surface area (Å²) in [5, 5.41) is 5.31. The van der Waals surface area contributed by atoms with Crippen molar-refractivity contribution in [1.29, 1.82) is 0 Å². The highest BCUT2D eigenvalue weighted by Gasteiger charge is 2.25. The summed E-state index contributed by atoms with van der Waals surface area (Å²) in [6, 6.07) is 6.28. The number of amides is 2. The van der Waals surface area contributed by atoms with Gasteiger partial charge in [0.2, 0.25) is 5.91 Å². The molecule has 0 aliphatic rings. The number of benzene rings is 1. The number of hydrogen-bond donors (Lipinski definition) is 2. The van der Waals surface area contributed by atoms with Gasteiger partial charge < -0.3 is 19.9 Å². The van der Waals surface area contributed by atoms with Gasteiger partial charge >= 0.3 is 11.9 Å². The Labute approximate surface area is 145 Å². The maximum absolute atomic E-state index is 12.1. The van der Waals surface area contributed by atoms with Gasteiger partial charge in [-0.15, -0.1) is 0 Å². The third-order valence-corrected chi connectivity index (χ3v) is 3.42. The van der Waals surface area contributed by atoms with Crippen LogP contribution in [0.25, 0.3) is 0 Å². The number of rotatable bonds is 5. The molecule has 1 heterocycles. The number of carbonyl (C=O) groups excluding carboxylic acids is 3. The highest BCUT2D eigenvalue weighted by Crippen LogP contribution is 2.22. The Bertz CT molecular complexity index is 767. The van der Waals surface area contributed by atoms with Crippen molar-refractivity contribution in [3.05, 3.63) is 48.0 Å². The summed E-state index contributed by atoms with van der Waals surface area (Å²) in [7, 11) is 1.79. The lowest BCUT2D eigenvalue weighted by Crippen LogP contribution is -2.37. The van der Waals surface area contributed by atoms with Crippen LogP contribution in [0.2, 0.25) is 0 Å². The first kappa shape index (κ1) is 18.2. The van der Waals surface area contributed by atoms with Gasteiger partial charge in [0.05, 0.1) is 6.61 Å². The smallest absolute Gasteiger partial charge is 0.396 e. The molecule has 0 aliphatic heterocycles. The van der Waals surface area contributed by atoms with E-state index in [0.717, 1.165) is 0 Å². The van der Waals surface area contributed by atoms with E-state index in [-0.39, 0.29) is 12.5 Å². The molecule has 25 heavy (non-hydrogen) atoms. The third kappa shape index (κ3) is 4.66. The predicted molar refractivity (Wildman–Crippen MR) is 90.6 cm³/mol. The van der Waals surface area contributed by atoms with Gasteiger partial charge in [0.15, 0.2) is 0 Å². The van der Waals surface area contributed by atoms with Crippen LogP contribution in [-0.4, -0.2) is 33.9 Å². The zero-order valence-electron chi connectivity index (χ0n) is 14.3. The highest BCUT2D eigenvalue weighted by molar-refractivity contribution is 6.32. The number of aryl methyl sites for hydroxylation is 1. The van der Waals surface area contributed by atoms with E-state index in [0.29, 0.717) is 17.1 Å². The molecule has 1 unspecified atom stereocenters. The standard InChI is InChI=1S/C17H20N4O4/c1-4-25-17(24)16(23)20-14(15-18-9-10-21(15)3)12-5-7-13(8-6-12)19-11(2)22/h5-10,14H,4H2,1-3H3,(H,19,22)(H,20,23). The van der Waals surface area contributed by atoms with Gasteiger partial charge in [-0.05, 0) is 24.6 Å². The topological polar surface area (TPSA) is 102 Å². The Morgan fingerprint density at radius 1 is 1.24 bits per heavy atom. The van der Waals surface area contributed by atoms with Gasteiger partial charge in [0, 0.05) is 32.1 Å². The van der Waals surface area contributed by atoms with E-state index in [1.165, 1.54) is 6.92 Å². The average molecular weight is 344 g/mol. The molecule has 8 heteroatoms. The first-order valence-corrected chi connectivity index (χ1v) is 7.74. The second kappa shape index (κ2) is 8.09. The second-order valence-electron chi connectivity index (χ2n) is 5.33. The first-order valence-electron chi connectivity index (χ1n) is 7.74. The molecule has 8 nitrogen and oxygen atoms in total. The number of ether oxygens (including phenoxy) is 1. The Morgan fingerprint density at radius 3 is 2.44 bits per heavy atom. The molecule has 2 aromatic rings. The molecule has 0 bridgehead atoms. The minimum absolute atomic E-state index is 0.116. The Morgan fingerprint density at radius 2 is 1.92 bits per heavy atom. The Hall–Kier alpha value is -3.16. The van der Waals surface area contributed by atoms with Gasteiger partial charge in [0.1, 0.15) is 11.9 Å². The van der Waals surface area contributed by atoms with E-state index in [2.05, 4.69) is 15.6 Å². The average Bonchev–Trinajstić information content (AvgIpc) is 2.99. The SMILES string of the molecule is CCOC(=O)C(=O)NC(c1ccc(NC(C)=O)cc1)c1nccn1C. The fourth-order valence-electron chi connectivity index (χ4n) is 2.30. The van der Waals surface area contributed by atoms with Gasteiger partial charge in [-0.3, -0.25) is 9.59 Å². The summed E-state index contributed by atoms with van der Waals surface area (Å²) < 4.78 is 6.47. The van der Waals surface area contributed by atoms with Crippen molar-refractivity contribution in [2.75, 3.05) is 11.9 Å². The van der Waals surface area contributed by atoms with E-state index in [1.54, 1.807) is 55.2 Å². The minimum Gasteiger partial charge on any atom is -0.459 e. The number of carbonyl (C=O) groups is 3. The minimum atomic E-state index is -0.948. The summed E-state index contributed by atoms with van der Waals surface area (Å²) in [4.78, 5) is 39.0. The van der Waals surface area contributed by atoms with Crippen LogP contribution in [0.4, 0.5) is 5.69 Å². The molecule has 0 spiro atoms. The maximum Gasteiger partial charge on any atom is 0.396 e. The lowest BCUT2D eigenvalue weighted by molar-refractivity contribution is -0.154. The largest absolute Gasteiger partial charge is 0.459 e. The maximum atomic E-state index is 12.1. The first-order chi connectivity index (χ1) is 11.9. The normalized spacial score (nSPS) is 11.5. The fourth-order valence-corrected chi connectivity index (χ4v) is 2.30. The van der Waals surface area contributed by atoms with Gasteiger partial charge in [-0.1, -0.05) is 12.1 Å². The number of esters is 1. The summed E-state index contributed by atoms with van der Waals surface area (Å²) in [6.07, 6.45) is 3.34. The van der Waals surface area contributed by atoms with Crippen LogP contribution in [0.5, 0.6) is 0 Å². The summed E-state index contributed by atoms with van der Waals surface area (Å²) in [6.45, 7) is 3.16. The van der Waals surface area contributed by atoms with Crippen molar-refractivity contribution < 1.29 is 19.1 Å². The van der Waals surface area contributed by atoms with E-state index in [9.17, 15) is 14.4 Å². The quantitative estimate of drug-likeness (QED) is 0.626. The molecule has 1 aromatic heterocycles. The third-order valence-electron chi connectivity index (χ3n) is 3.42. The fraction of sp³-hybridized carbons (Fsp3) is 0.294. The van der Waals surface area contributed by atoms with E-state index in [4.69, 9.17) is 4.74 Å². The molecule has 0 fully saturated rings. The molecule has 2 amide bonds. The second-order valence-corrected chi connectivity index (χ2v) is 5.33. The van der Waals surface area contributed by atoms with E-state index >= 15 is 0 Å². The zero-order chi connectivity index (χ0) is 18.4. The Kier molecular flexibility index (Phi) is 5.89. The number of aromatic nitrogens is 2. The number of nitrogens with zero attached hydrogens (tertiary/aromatic N) is 2. The summed E-state index contributed by atoms with van der Waals surface area (Å²) >= 11 is 0. The van der Waals surface area contributed by atoms with Crippen molar-refractivity contribution in [3.8, 4) is 0 Å². The molecule has 2 N–H and O–H groups in total. The molecule has 0 saturated heterocycles. The van der Waals surface area contributed by atoms with Crippen molar-refractivity contribution in [2.24, 2.45) is 7.05 Å². The molecule has 2 rings (SSSR count). The number of hydrogen-bond acceptors (Lipinski definition) is 5. The van der Waals surface area contributed by atoms with Crippen LogP contribution < -0.4 is 10.6 Å². The number of anilines is 1. The van der Waals surface area contributed by atoms with Gasteiger partial charge in [0.25, 0.3) is 0 Å². The van der Waals surface area contributed by atoms with Crippen LogP contribution in [0.15, 0.2) is 36.7 Å². The van der Waals surface area contributed by atoms with Crippen LogP contribution in [-0.2, 0) is 26.2 Å². The van der Waals surface area contributed by atoms with E-state index in [1.807, 2.05) is 0 Å². The molecule has 0 aliphatic carbocycles. The number of imidazole rings is 1. The highest BCUT2D eigenvalue weighted by atomic mass is 16.5. The zero-order valence-corrected chi connectivity index (χ0v) is 14.3. The lowest BCUT2D eigenvalue weighted by atomic mass is 10.1. The molecular formula is C17H20N4O4. The van der Waals surface area contributed by atoms with Crippen LogP contribution in [0.1, 0.15) is 31.3 Å². The van der Waals surface area contributed by atoms with Crippen LogP contribution in [0.3, 0.4) is 0 Å². The molecular weight excluding hydrogens is 324 g/mol. The summed E-state index contributed by atoms with van der Waals surface area (Å²) in [5.41, 5.74) is 1.34. The van der Waals surface area contributed by atoms with Crippen molar-refractivity contribution in [3.63, 3.8) is 0 Å². The lowest BCUT2D eigenvalue weighted by Gasteiger charge is -2.19. The molecule has 0 saturated carbocycles. The van der Waals surface area contributed by atoms with E-state index < -0.39 is 17.9 Å². The monoisotopic (exact) mass is 344 g/mol. The molecule has 1 atom stereocenters. The molecule has 1 aromatic carbocycles. The van der Waals surface area contributed by atoms with Crippen LogP contribution >= 0.6 is 0 Å². The molecule has 132 valence electrons.